The molecule has 4 heteroatoms. The number of ether oxygens (including phenoxy) is 1. The Kier molecular flexibility index (Phi) is 4.32. The summed E-state index contributed by atoms with van der Waals surface area (Å²) in [5, 5.41) is 10.3. The van der Waals surface area contributed by atoms with Gasteiger partial charge in [-0.3, -0.25) is 0 Å². The van der Waals surface area contributed by atoms with E-state index in [0.717, 1.165) is 24.8 Å². The largest absolute Gasteiger partial charge is 0.488 e. The van der Waals surface area contributed by atoms with E-state index in [1.165, 1.54) is 11.1 Å². The number of halogens is 2. The molecular formula is C13H14Cl2O2. The molecule has 1 atom stereocenters. The van der Waals surface area contributed by atoms with Crippen LogP contribution in [0.3, 0.4) is 0 Å². The number of aliphatic hydroxyl groups is 1. The van der Waals surface area contributed by atoms with Gasteiger partial charge in [0, 0.05) is 5.54 Å². The lowest BCUT2D eigenvalue weighted by molar-refractivity contribution is 0.156. The van der Waals surface area contributed by atoms with Gasteiger partial charge in [0.1, 0.15) is 12.4 Å². The van der Waals surface area contributed by atoms with Crippen LogP contribution in [-0.2, 0) is 6.42 Å². The number of hydrogen-bond acceptors (Lipinski definition) is 2. The third kappa shape index (κ3) is 3.15. The third-order valence-corrected chi connectivity index (χ3v) is 3.49. The molecule has 0 spiro atoms. The first-order valence-electron chi connectivity index (χ1n) is 5.59. The van der Waals surface area contributed by atoms with Crippen LogP contribution in [0.15, 0.2) is 28.8 Å². The van der Waals surface area contributed by atoms with Gasteiger partial charge in [0.2, 0.25) is 0 Å². The molecule has 0 saturated carbocycles. The molecule has 0 saturated heterocycles. The minimum Gasteiger partial charge on any atom is -0.488 e. The molecule has 0 heterocycles. The van der Waals surface area contributed by atoms with Crippen LogP contribution in [0.2, 0.25) is 0 Å². The van der Waals surface area contributed by atoms with Crippen molar-refractivity contribution in [3.63, 3.8) is 0 Å². The average Bonchev–Trinajstić information content (AvgIpc) is 2.36. The van der Waals surface area contributed by atoms with Crippen molar-refractivity contribution in [2.45, 2.75) is 25.4 Å². The van der Waals surface area contributed by atoms with Crippen LogP contribution in [0.4, 0.5) is 0 Å². The molecular weight excluding hydrogens is 259 g/mol. The first-order chi connectivity index (χ1) is 8.20. The van der Waals surface area contributed by atoms with Gasteiger partial charge in [-0.2, -0.15) is 0 Å². The molecule has 1 aliphatic rings. The summed E-state index contributed by atoms with van der Waals surface area (Å²) in [6.45, 7) is 0.250. The first-order valence-corrected chi connectivity index (χ1v) is 6.40. The predicted octanol–water partition coefficient (Wildman–Crippen LogP) is 3.75. The van der Waals surface area contributed by atoms with E-state index in [0.29, 0.717) is 10.8 Å². The lowest BCUT2D eigenvalue weighted by atomic mass is 9.89. The predicted molar refractivity (Wildman–Crippen MR) is 69.6 cm³/mol. The highest BCUT2D eigenvalue weighted by Gasteiger charge is 2.18. The highest BCUT2D eigenvalue weighted by atomic mass is 35.5. The number of fused-ring (bicyclic) bond motifs is 1. The molecule has 2 nitrogen and oxygen atoms in total. The molecule has 92 valence electrons. The fourth-order valence-electron chi connectivity index (χ4n) is 2.03. The minimum atomic E-state index is -0.374. The second-order valence-electron chi connectivity index (χ2n) is 4.11. The zero-order valence-electron chi connectivity index (χ0n) is 9.33. The van der Waals surface area contributed by atoms with Gasteiger partial charge in [-0.15, -0.1) is 0 Å². The quantitative estimate of drug-likeness (QED) is 0.908. The Morgan fingerprint density at radius 1 is 1.53 bits per heavy atom. The Hall–Kier alpha value is -0.700. The summed E-state index contributed by atoms with van der Waals surface area (Å²) in [7, 11) is 0. The number of hydrogen-bond donors (Lipinski definition) is 1. The molecule has 2 rings (SSSR count). The van der Waals surface area contributed by atoms with Crippen LogP contribution in [0.25, 0.3) is 0 Å². The Labute approximate surface area is 111 Å². The number of aliphatic hydroxyl groups excluding tert-OH is 1. The summed E-state index contributed by atoms with van der Waals surface area (Å²) in [5.74, 6) is 0.710. The summed E-state index contributed by atoms with van der Waals surface area (Å²) in [4.78, 5) is 0. The molecule has 0 fully saturated rings. The Morgan fingerprint density at radius 2 is 2.35 bits per heavy atom. The molecule has 1 aromatic rings. The molecule has 1 N–H and O–H groups in total. The normalized spacial score (nSPS) is 19.9. The zero-order chi connectivity index (χ0) is 12.3. The van der Waals surface area contributed by atoms with Gasteiger partial charge in [0.15, 0.2) is 0 Å². The Bertz CT molecular complexity index is 429. The standard InChI is InChI=1S/C13H14Cl2O2/c14-7-10(15)8-17-11-5-4-9-2-1-3-13(16)12(9)6-11/h4-7,13,16H,1-3,8H2/b10-7-/t13-/m0/s1. The maximum absolute atomic E-state index is 9.90. The fourth-order valence-corrected chi connectivity index (χ4v) is 2.14. The van der Waals surface area contributed by atoms with Crippen LogP contribution >= 0.6 is 23.2 Å². The van der Waals surface area contributed by atoms with Crippen molar-refractivity contribution in [1.29, 1.82) is 0 Å². The van der Waals surface area contributed by atoms with Crippen LogP contribution in [0.1, 0.15) is 30.1 Å². The number of benzene rings is 1. The van der Waals surface area contributed by atoms with E-state index in [2.05, 4.69) is 0 Å². The van der Waals surface area contributed by atoms with E-state index in [-0.39, 0.29) is 12.7 Å². The van der Waals surface area contributed by atoms with Gasteiger partial charge in [0.05, 0.1) is 11.1 Å². The minimum absolute atomic E-state index is 0.250. The van der Waals surface area contributed by atoms with Crippen molar-refractivity contribution in [2.75, 3.05) is 6.61 Å². The highest BCUT2D eigenvalue weighted by molar-refractivity contribution is 6.36. The van der Waals surface area contributed by atoms with Gasteiger partial charge in [0.25, 0.3) is 0 Å². The molecule has 0 radical (unpaired) electrons. The summed E-state index contributed by atoms with van der Waals surface area (Å²) in [5.41, 5.74) is 3.46. The van der Waals surface area contributed by atoms with Crippen molar-refractivity contribution in [3.8, 4) is 5.75 Å². The zero-order valence-corrected chi connectivity index (χ0v) is 10.8. The molecule has 0 unspecified atom stereocenters. The Morgan fingerprint density at radius 3 is 3.12 bits per heavy atom. The average molecular weight is 273 g/mol. The summed E-state index contributed by atoms with van der Waals surface area (Å²) in [6.07, 6.45) is 2.50. The molecule has 0 aromatic heterocycles. The summed E-state index contributed by atoms with van der Waals surface area (Å²) < 4.78 is 5.48. The molecule has 1 aromatic carbocycles. The number of aryl methyl sites for hydroxylation is 1. The van der Waals surface area contributed by atoms with E-state index in [4.69, 9.17) is 27.9 Å². The third-order valence-electron chi connectivity index (χ3n) is 2.90. The Balaban J connectivity index is 2.12. The van der Waals surface area contributed by atoms with E-state index < -0.39 is 0 Å². The van der Waals surface area contributed by atoms with Crippen LogP contribution in [0.5, 0.6) is 5.75 Å². The smallest absolute Gasteiger partial charge is 0.125 e. The SMILES string of the molecule is O[C@H]1CCCc2ccc(OC/C(Cl)=C/Cl)cc21. The lowest BCUT2D eigenvalue weighted by Crippen LogP contribution is -2.09. The lowest BCUT2D eigenvalue weighted by Gasteiger charge is -2.21. The number of rotatable bonds is 3. The molecule has 0 aliphatic heterocycles. The first kappa shape index (κ1) is 12.7. The van der Waals surface area contributed by atoms with Crippen molar-refractivity contribution in [2.24, 2.45) is 0 Å². The van der Waals surface area contributed by atoms with Crippen LogP contribution in [-0.4, -0.2) is 11.7 Å². The van der Waals surface area contributed by atoms with E-state index in [1.807, 2.05) is 18.2 Å². The van der Waals surface area contributed by atoms with Crippen molar-refractivity contribution >= 4 is 23.2 Å². The van der Waals surface area contributed by atoms with E-state index >= 15 is 0 Å². The second-order valence-corrected chi connectivity index (χ2v) is 4.82. The monoisotopic (exact) mass is 272 g/mol. The highest BCUT2D eigenvalue weighted by Crippen LogP contribution is 2.32. The second kappa shape index (κ2) is 5.76. The maximum atomic E-state index is 9.90. The van der Waals surface area contributed by atoms with Crippen LogP contribution < -0.4 is 4.74 Å². The molecule has 1 aliphatic carbocycles. The van der Waals surface area contributed by atoms with Crippen molar-refractivity contribution in [3.05, 3.63) is 39.9 Å². The van der Waals surface area contributed by atoms with E-state index in [1.54, 1.807) is 0 Å². The van der Waals surface area contributed by atoms with E-state index in [9.17, 15) is 5.11 Å². The van der Waals surface area contributed by atoms with Gasteiger partial charge in [-0.05, 0) is 42.5 Å². The van der Waals surface area contributed by atoms with Crippen LogP contribution in [0, 0.1) is 0 Å². The molecule has 0 bridgehead atoms. The van der Waals surface area contributed by atoms with Crippen molar-refractivity contribution in [1.82, 2.24) is 0 Å². The maximum Gasteiger partial charge on any atom is 0.125 e. The molecule has 17 heavy (non-hydrogen) atoms. The summed E-state index contributed by atoms with van der Waals surface area (Å²) in [6, 6.07) is 5.79. The topological polar surface area (TPSA) is 29.5 Å². The van der Waals surface area contributed by atoms with Gasteiger partial charge < -0.3 is 9.84 Å². The summed E-state index contributed by atoms with van der Waals surface area (Å²) >= 11 is 11.2. The van der Waals surface area contributed by atoms with Gasteiger partial charge >= 0.3 is 0 Å². The van der Waals surface area contributed by atoms with Crippen molar-refractivity contribution < 1.29 is 9.84 Å². The van der Waals surface area contributed by atoms with Gasteiger partial charge in [-0.25, -0.2) is 0 Å². The van der Waals surface area contributed by atoms with Gasteiger partial charge in [-0.1, -0.05) is 29.3 Å². The fraction of sp³-hybridized carbons (Fsp3) is 0.385. The molecule has 0 amide bonds.